The van der Waals surface area contributed by atoms with E-state index in [-0.39, 0.29) is 16.7 Å². The van der Waals surface area contributed by atoms with E-state index in [9.17, 15) is 9.59 Å². The summed E-state index contributed by atoms with van der Waals surface area (Å²) in [6, 6.07) is 16.4. The van der Waals surface area contributed by atoms with Crippen LogP contribution in [0.2, 0.25) is 0 Å². The minimum absolute atomic E-state index is 0.126. The third-order valence-electron chi connectivity index (χ3n) is 4.34. The Bertz CT molecular complexity index is 1030. The standard InChI is InChI=1S/C22H23N3O3S/c1-4-19(21(27)23-16-9-5-14(2)6-10-16)29-22-24-18(13-20(26)25-22)15-7-11-17(28-3)12-8-15/h5-13,19H,4H2,1-3H3,(H,23,27)(H,24,25,26). The van der Waals surface area contributed by atoms with Gasteiger partial charge in [-0.15, -0.1) is 0 Å². The van der Waals surface area contributed by atoms with Gasteiger partial charge in [-0.1, -0.05) is 36.4 Å². The number of methoxy groups -OCH3 is 1. The molecule has 2 aromatic carbocycles. The number of benzene rings is 2. The minimum Gasteiger partial charge on any atom is -0.497 e. The van der Waals surface area contributed by atoms with Crippen LogP contribution in [-0.4, -0.2) is 28.2 Å². The summed E-state index contributed by atoms with van der Waals surface area (Å²) in [5.74, 6) is 0.603. The average Bonchev–Trinajstić information content (AvgIpc) is 2.73. The fourth-order valence-electron chi connectivity index (χ4n) is 2.72. The predicted octanol–water partition coefficient (Wildman–Crippen LogP) is 4.26. The molecule has 0 aliphatic rings. The van der Waals surface area contributed by atoms with Crippen LogP contribution >= 0.6 is 11.8 Å². The lowest BCUT2D eigenvalue weighted by Gasteiger charge is -2.14. The molecule has 6 nitrogen and oxygen atoms in total. The highest BCUT2D eigenvalue weighted by molar-refractivity contribution is 8.00. The number of carbonyl (C=O) groups excluding carboxylic acids is 1. The molecule has 1 unspecified atom stereocenters. The van der Waals surface area contributed by atoms with Crippen LogP contribution in [0.15, 0.2) is 64.5 Å². The molecule has 1 amide bonds. The van der Waals surface area contributed by atoms with Crippen molar-refractivity contribution in [2.75, 3.05) is 12.4 Å². The molecule has 1 atom stereocenters. The lowest BCUT2D eigenvalue weighted by Crippen LogP contribution is -2.25. The summed E-state index contributed by atoms with van der Waals surface area (Å²) in [4.78, 5) is 32.1. The monoisotopic (exact) mass is 409 g/mol. The quantitative estimate of drug-likeness (QED) is 0.450. The summed E-state index contributed by atoms with van der Waals surface area (Å²) in [5, 5.41) is 2.95. The molecule has 0 radical (unpaired) electrons. The van der Waals surface area contributed by atoms with E-state index in [0.29, 0.717) is 17.3 Å². The Morgan fingerprint density at radius 1 is 1.17 bits per heavy atom. The Morgan fingerprint density at radius 3 is 2.48 bits per heavy atom. The second-order valence-electron chi connectivity index (χ2n) is 6.53. The van der Waals surface area contributed by atoms with Gasteiger partial charge in [0.1, 0.15) is 5.75 Å². The number of amides is 1. The maximum atomic E-state index is 12.7. The van der Waals surface area contributed by atoms with Crippen molar-refractivity contribution in [1.82, 2.24) is 9.97 Å². The summed E-state index contributed by atoms with van der Waals surface area (Å²) < 4.78 is 5.16. The second-order valence-corrected chi connectivity index (χ2v) is 7.73. The van der Waals surface area contributed by atoms with Crippen molar-refractivity contribution in [2.45, 2.75) is 30.7 Å². The Labute approximate surface area is 173 Å². The summed E-state index contributed by atoms with van der Waals surface area (Å²) in [5.41, 5.74) is 2.96. The highest BCUT2D eigenvalue weighted by Gasteiger charge is 2.20. The van der Waals surface area contributed by atoms with Crippen LogP contribution < -0.4 is 15.6 Å². The van der Waals surface area contributed by atoms with E-state index in [1.165, 1.54) is 17.8 Å². The van der Waals surface area contributed by atoms with Crippen molar-refractivity contribution < 1.29 is 9.53 Å². The fraction of sp³-hybridized carbons (Fsp3) is 0.227. The Kier molecular flexibility index (Phi) is 6.72. The molecule has 3 aromatic rings. The van der Waals surface area contributed by atoms with Gasteiger partial charge in [0.2, 0.25) is 5.91 Å². The first-order valence-electron chi connectivity index (χ1n) is 9.28. The lowest BCUT2D eigenvalue weighted by atomic mass is 10.1. The number of H-pyrrole nitrogens is 1. The van der Waals surface area contributed by atoms with E-state index in [2.05, 4.69) is 15.3 Å². The van der Waals surface area contributed by atoms with E-state index < -0.39 is 0 Å². The molecule has 2 N–H and O–H groups in total. The van der Waals surface area contributed by atoms with Crippen LogP contribution in [0.4, 0.5) is 5.69 Å². The van der Waals surface area contributed by atoms with Crippen LogP contribution in [0.1, 0.15) is 18.9 Å². The minimum atomic E-state index is -0.384. The molecule has 0 aliphatic carbocycles. The number of ether oxygens (including phenoxy) is 1. The van der Waals surface area contributed by atoms with Crippen molar-refractivity contribution in [3.63, 3.8) is 0 Å². The number of aromatic amines is 1. The highest BCUT2D eigenvalue weighted by Crippen LogP contribution is 2.26. The van der Waals surface area contributed by atoms with Gasteiger partial charge in [-0.25, -0.2) is 4.98 Å². The van der Waals surface area contributed by atoms with Crippen molar-refractivity contribution >= 4 is 23.4 Å². The van der Waals surface area contributed by atoms with Gasteiger partial charge in [0, 0.05) is 17.3 Å². The number of carbonyl (C=O) groups is 1. The number of rotatable bonds is 7. The molecule has 1 aromatic heterocycles. The Hall–Kier alpha value is -3.06. The van der Waals surface area contributed by atoms with Gasteiger partial charge in [-0.2, -0.15) is 0 Å². The molecule has 7 heteroatoms. The largest absolute Gasteiger partial charge is 0.497 e. The first kappa shape index (κ1) is 20.7. The van der Waals surface area contributed by atoms with Crippen molar-refractivity contribution in [3.05, 3.63) is 70.5 Å². The number of hydrogen-bond acceptors (Lipinski definition) is 5. The van der Waals surface area contributed by atoms with Gasteiger partial charge in [-0.05, 0) is 49.7 Å². The van der Waals surface area contributed by atoms with Gasteiger partial charge >= 0.3 is 0 Å². The van der Waals surface area contributed by atoms with E-state index in [1.54, 1.807) is 7.11 Å². The van der Waals surface area contributed by atoms with Crippen LogP contribution in [-0.2, 0) is 4.79 Å². The maximum absolute atomic E-state index is 12.7. The predicted molar refractivity (Wildman–Crippen MR) is 117 cm³/mol. The van der Waals surface area contributed by atoms with Gasteiger partial charge in [0.05, 0.1) is 18.1 Å². The van der Waals surface area contributed by atoms with E-state index in [0.717, 1.165) is 22.6 Å². The van der Waals surface area contributed by atoms with Gasteiger partial charge in [0.25, 0.3) is 5.56 Å². The highest BCUT2D eigenvalue weighted by atomic mass is 32.2. The first-order valence-corrected chi connectivity index (χ1v) is 10.2. The molecular weight excluding hydrogens is 386 g/mol. The summed E-state index contributed by atoms with van der Waals surface area (Å²) >= 11 is 1.25. The van der Waals surface area contributed by atoms with Crippen molar-refractivity contribution in [1.29, 1.82) is 0 Å². The normalized spacial score (nSPS) is 11.7. The maximum Gasteiger partial charge on any atom is 0.252 e. The zero-order chi connectivity index (χ0) is 20.8. The number of nitrogens with zero attached hydrogens (tertiary/aromatic N) is 1. The molecule has 0 saturated heterocycles. The summed E-state index contributed by atoms with van der Waals surface area (Å²) in [6.07, 6.45) is 0.596. The molecule has 0 bridgehead atoms. The third-order valence-corrected chi connectivity index (χ3v) is 5.59. The van der Waals surface area contributed by atoms with E-state index in [1.807, 2.05) is 62.4 Å². The Balaban J connectivity index is 1.78. The van der Waals surface area contributed by atoms with Gasteiger partial charge < -0.3 is 15.0 Å². The molecule has 0 spiro atoms. The van der Waals surface area contributed by atoms with Crippen LogP contribution in [0, 0.1) is 6.92 Å². The smallest absolute Gasteiger partial charge is 0.252 e. The average molecular weight is 410 g/mol. The number of anilines is 1. The number of thioether (sulfide) groups is 1. The third kappa shape index (κ3) is 5.48. The van der Waals surface area contributed by atoms with Crippen LogP contribution in [0.25, 0.3) is 11.3 Å². The molecule has 150 valence electrons. The van der Waals surface area contributed by atoms with E-state index >= 15 is 0 Å². The molecule has 1 heterocycles. The van der Waals surface area contributed by atoms with Gasteiger partial charge in [-0.3, -0.25) is 9.59 Å². The number of aryl methyl sites for hydroxylation is 1. The van der Waals surface area contributed by atoms with Crippen molar-refractivity contribution in [2.24, 2.45) is 0 Å². The zero-order valence-corrected chi connectivity index (χ0v) is 17.4. The Morgan fingerprint density at radius 2 is 1.86 bits per heavy atom. The molecule has 0 aliphatic heterocycles. The first-order chi connectivity index (χ1) is 14.0. The van der Waals surface area contributed by atoms with Crippen LogP contribution in [0.3, 0.4) is 0 Å². The summed E-state index contributed by atoms with van der Waals surface area (Å²) in [6.45, 7) is 3.92. The van der Waals surface area contributed by atoms with E-state index in [4.69, 9.17) is 4.74 Å². The molecule has 0 fully saturated rings. The number of nitrogens with one attached hydrogen (secondary N) is 2. The number of aromatic nitrogens is 2. The zero-order valence-electron chi connectivity index (χ0n) is 16.6. The van der Waals surface area contributed by atoms with Crippen molar-refractivity contribution in [3.8, 4) is 17.0 Å². The molecular formula is C22H23N3O3S. The molecule has 29 heavy (non-hydrogen) atoms. The lowest BCUT2D eigenvalue weighted by molar-refractivity contribution is -0.115. The molecule has 0 saturated carbocycles. The second kappa shape index (κ2) is 9.43. The summed E-state index contributed by atoms with van der Waals surface area (Å²) in [7, 11) is 1.60. The SMILES string of the molecule is CCC(Sc1nc(-c2ccc(OC)cc2)cc(=O)[nH]1)C(=O)Nc1ccc(C)cc1. The topological polar surface area (TPSA) is 84.1 Å². The number of hydrogen-bond donors (Lipinski definition) is 2. The van der Waals surface area contributed by atoms with Crippen LogP contribution in [0.5, 0.6) is 5.75 Å². The molecule has 3 rings (SSSR count). The fourth-order valence-corrected chi connectivity index (χ4v) is 3.63. The van der Waals surface area contributed by atoms with Gasteiger partial charge in [0.15, 0.2) is 5.16 Å².